The van der Waals surface area contributed by atoms with Gasteiger partial charge in [0.05, 0.1) is 32.5 Å². The Morgan fingerprint density at radius 2 is 1.89 bits per heavy atom. The van der Waals surface area contributed by atoms with Crippen LogP contribution in [0, 0.1) is 11.8 Å². The normalized spacial score (nSPS) is 31.4. The Morgan fingerprint density at radius 1 is 1.22 bits per heavy atom. The molecule has 7 heteroatoms. The van der Waals surface area contributed by atoms with Crippen molar-refractivity contribution in [1.82, 2.24) is 0 Å². The summed E-state index contributed by atoms with van der Waals surface area (Å²) in [5.41, 5.74) is 0. The van der Waals surface area contributed by atoms with E-state index in [2.05, 4.69) is 34.3 Å². The molecule has 3 aliphatic heterocycles. The minimum absolute atomic E-state index is 0.159. The number of esters is 1. The molecule has 1 atom stereocenters. The molecule has 0 aromatic rings. The summed E-state index contributed by atoms with van der Waals surface area (Å²) in [7, 11) is -2.74. The van der Waals surface area contributed by atoms with Crippen molar-refractivity contribution in [2.24, 2.45) is 11.8 Å². The quantitative estimate of drug-likeness (QED) is 0.196. The van der Waals surface area contributed by atoms with Crippen LogP contribution in [0.5, 0.6) is 0 Å². The fraction of sp³-hybridized carbons (Fsp3) is 0.850. The molecule has 2 bridgehead atoms. The Balaban J connectivity index is 2.08. The molecule has 0 amide bonds. The first kappa shape index (κ1) is 22.6. The van der Waals surface area contributed by atoms with Gasteiger partial charge in [0.15, 0.2) is 0 Å². The predicted molar refractivity (Wildman–Crippen MR) is 107 cm³/mol. The van der Waals surface area contributed by atoms with Crippen LogP contribution in [0.3, 0.4) is 0 Å². The first-order chi connectivity index (χ1) is 12.8. The molecule has 0 spiro atoms. The van der Waals surface area contributed by atoms with E-state index in [4.69, 9.17) is 18.0 Å². The number of rotatable bonds is 9. The molecule has 0 radical (unpaired) electrons. The van der Waals surface area contributed by atoms with Crippen molar-refractivity contribution in [1.29, 1.82) is 0 Å². The average Bonchev–Trinajstić information content (AvgIpc) is 2.53. The number of fused-ring (bicyclic) bond motifs is 6. The minimum atomic E-state index is -2.74. The third kappa shape index (κ3) is 6.98. The van der Waals surface area contributed by atoms with Gasteiger partial charge >= 0.3 is 14.8 Å². The van der Waals surface area contributed by atoms with Crippen molar-refractivity contribution in [3.63, 3.8) is 0 Å². The molecule has 1 unspecified atom stereocenters. The largest absolute Gasteiger partial charge is 0.501 e. The summed E-state index contributed by atoms with van der Waals surface area (Å²) in [4.78, 5) is 11.2. The highest BCUT2D eigenvalue weighted by molar-refractivity contribution is 6.60. The van der Waals surface area contributed by atoms with Crippen LogP contribution in [0.25, 0.3) is 0 Å². The van der Waals surface area contributed by atoms with Gasteiger partial charge in [0.25, 0.3) is 0 Å². The highest BCUT2D eigenvalue weighted by atomic mass is 28.4. The smallest absolute Gasteiger partial charge is 0.463 e. The molecule has 0 aromatic carbocycles. The summed E-state index contributed by atoms with van der Waals surface area (Å²) in [6, 6.07) is 0.691. The molecule has 27 heavy (non-hydrogen) atoms. The van der Waals surface area contributed by atoms with E-state index >= 15 is 0 Å². The number of nitrogens with zero attached hydrogens (tertiary/aromatic N) is 1. The summed E-state index contributed by atoms with van der Waals surface area (Å²) in [5.74, 6) is 0.806. The van der Waals surface area contributed by atoms with Crippen LogP contribution in [0.1, 0.15) is 40.5 Å². The number of ether oxygens (including phenoxy) is 1. The Morgan fingerprint density at radius 3 is 2.44 bits per heavy atom. The molecule has 156 valence electrons. The molecule has 3 fully saturated rings. The van der Waals surface area contributed by atoms with E-state index in [9.17, 15) is 4.79 Å². The Bertz CT molecular complexity index is 487. The van der Waals surface area contributed by atoms with Crippen molar-refractivity contribution in [3.8, 4) is 0 Å². The van der Waals surface area contributed by atoms with Gasteiger partial charge in [0.2, 0.25) is 0 Å². The van der Waals surface area contributed by atoms with Crippen LogP contribution in [0.2, 0.25) is 6.04 Å². The number of carbonyl (C=O) groups is 1. The van der Waals surface area contributed by atoms with Gasteiger partial charge in [0, 0.05) is 18.0 Å². The van der Waals surface area contributed by atoms with E-state index in [0.717, 1.165) is 37.1 Å². The maximum Gasteiger partial charge on any atom is 0.501 e. The SMILES string of the molecule is C=CC(=O)OCCC[Si]12OCC[N+](CC(C)C)(CCO1)CC(CC(C)C)O2. The van der Waals surface area contributed by atoms with Gasteiger partial charge in [-0.2, -0.15) is 0 Å². The lowest BCUT2D eigenvalue weighted by Crippen LogP contribution is -2.66. The molecule has 0 N–H and O–H groups in total. The van der Waals surface area contributed by atoms with Gasteiger partial charge < -0.3 is 22.5 Å². The second kappa shape index (κ2) is 10.2. The van der Waals surface area contributed by atoms with Crippen LogP contribution in [-0.2, 0) is 22.8 Å². The number of quaternary nitrogens is 1. The van der Waals surface area contributed by atoms with Gasteiger partial charge in [-0.1, -0.05) is 34.3 Å². The molecule has 0 aromatic heterocycles. The van der Waals surface area contributed by atoms with Crippen molar-refractivity contribution in [2.75, 3.05) is 46.0 Å². The maximum atomic E-state index is 11.2. The van der Waals surface area contributed by atoms with Crippen molar-refractivity contribution in [2.45, 2.75) is 52.7 Å². The molecular formula is C20H38NO5Si+. The van der Waals surface area contributed by atoms with Gasteiger partial charge in [-0.15, -0.1) is 0 Å². The van der Waals surface area contributed by atoms with Gasteiger partial charge in [-0.25, -0.2) is 4.79 Å². The van der Waals surface area contributed by atoms with Crippen LogP contribution in [0.4, 0.5) is 0 Å². The maximum absolute atomic E-state index is 11.2. The lowest BCUT2D eigenvalue weighted by Gasteiger charge is -2.49. The number of carbonyl (C=O) groups excluding carboxylic acids is 1. The molecule has 0 saturated carbocycles. The second-order valence-electron chi connectivity index (χ2n) is 8.77. The van der Waals surface area contributed by atoms with Crippen LogP contribution in [-0.4, -0.2) is 71.4 Å². The summed E-state index contributed by atoms with van der Waals surface area (Å²) in [6.07, 6.45) is 3.05. The summed E-state index contributed by atoms with van der Waals surface area (Å²) < 4.78 is 25.4. The molecular weight excluding hydrogens is 362 g/mol. The van der Waals surface area contributed by atoms with E-state index in [1.54, 1.807) is 0 Å². The fourth-order valence-corrected chi connectivity index (χ4v) is 7.01. The van der Waals surface area contributed by atoms with E-state index in [-0.39, 0.29) is 12.1 Å². The Kier molecular flexibility index (Phi) is 8.49. The monoisotopic (exact) mass is 400 g/mol. The number of hydrogen-bond donors (Lipinski definition) is 0. The van der Waals surface area contributed by atoms with Gasteiger partial charge in [-0.3, -0.25) is 0 Å². The van der Waals surface area contributed by atoms with Crippen molar-refractivity contribution < 1.29 is 27.3 Å². The van der Waals surface area contributed by atoms with E-state index in [1.165, 1.54) is 6.08 Å². The summed E-state index contributed by atoms with van der Waals surface area (Å²) in [5, 5.41) is 0. The van der Waals surface area contributed by atoms with Crippen LogP contribution < -0.4 is 0 Å². The standard InChI is InChI=1S/C20H38NO5Si/c1-6-20(22)23-10-7-13-27-24-11-8-21(9-12-25-27,15-18(4)5)16-19(26-27)14-17(2)3/h6,17-19H,1,7-16H2,2-5H3/q+1. The number of hydrogen-bond acceptors (Lipinski definition) is 5. The third-order valence-corrected chi connectivity index (χ3v) is 8.18. The van der Waals surface area contributed by atoms with Crippen LogP contribution in [0.15, 0.2) is 12.7 Å². The van der Waals surface area contributed by atoms with Gasteiger partial charge in [0.1, 0.15) is 19.6 Å². The second-order valence-corrected chi connectivity index (χ2v) is 11.5. The molecule has 6 nitrogen and oxygen atoms in total. The minimum Gasteiger partial charge on any atom is -0.463 e. The lowest BCUT2D eigenvalue weighted by molar-refractivity contribution is -0.935. The molecule has 3 rings (SSSR count). The van der Waals surface area contributed by atoms with E-state index in [1.807, 2.05) is 0 Å². The Hall–Kier alpha value is -0.733. The summed E-state index contributed by atoms with van der Waals surface area (Å²) >= 11 is 0. The fourth-order valence-electron chi connectivity index (χ4n) is 4.32. The Labute approximate surface area is 165 Å². The lowest BCUT2D eigenvalue weighted by atomic mass is 10.0. The first-order valence-electron chi connectivity index (χ1n) is 10.4. The van der Waals surface area contributed by atoms with Crippen LogP contribution >= 0.6 is 0 Å². The van der Waals surface area contributed by atoms with E-state index < -0.39 is 8.80 Å². The van der Waals surface area contributed by atoms with Crippen molar-refractivity contribution in [3.05, 3.63) is 12.7 Å². The average molecular weight is 401 g/mol. The first-order valence-corrected chi connectivity index (χ1v) is 12.3. The zero-order valence-electron chi connectivity index (χ0n) is 17.6. The molecule has 3 aliphatic rings. The topological polar surface area (TPSA) is 54.0 Å². The molecule has 3 saturated heterocycles. The summed E-state index contributed by atoms with van der Waals surface area (Å²) in [6.45, 7) is 18.4. The zero-order valence-corrected chi connectivity index (χ0v) is 18.6. The zero-order chi connectivity index (χ0) is 19.9. The third-order valence-electron chi connectivity index (χ3n) is 5.24. The van der Waals surface area contributed by atoms with E-state index in [0.29, 0.717) is 44.1 Å². The predicted octanol–water partition coefficient (Wildman–Crippen LogP) is 3.01. The van der Waals surface area contributed by atoms with Crippen molar-refractivity contribution >= 4 is 14.8 Å². The highest BCUT2D eigenvalue weighted by Gasteiger charge is 2.50. The highest BCUT2D eigenvalue weighted by Crippen LogP contribution is 2.30. The molecule has 3 heterocycles. The molecule has 0 aliphatic carbocycles. The van der Waals surface area contributed by atoms with Gasteiger partial charge in [-0.05, 0) is 18.8 Å².